The van der Waals surface area contributed by atoms with E-state index in [-0.39, 0.29) is 17.2 Å². The normalized spacial score (nSPS) is 11.6. The van der Waals surface area contributed by atoms with Crippen molar-refractivity contribution in [2.75, 3.05) is 19.0 Å². The van der Waals surface area contributed by atoms with Crippen molar-refractivity contribution in [2.45, 2.75) is 6.04 Å². The predicted molar refractivity (Wildman–Crippen MR) is 63.1 cm³/mol. The van der Waals surface area contributed by atoms with Gasteiger partial charge < -0.3 is 15.2 Å². The van der Waals surface area contributed by atoms with E-state index in [1.54, 1.807) is 18.2 Å². The largest absolute Gasteiger partial charge is 0.480 e. The molecular formula is C11H11ClN2O3. The molecule has 0 saturated heterocycles. The average Bonchev–Trinajstić information content (AvgIpc) is 2.28. The Morgan fingerprint density at radius 2 is 2.41 bits per heavy atom. The number of ether oxygens (including phenoxy) is 1. The van der Waals surface area contributed by atoms with Gasteiger partial charge in [-0.05, 0) is 12.1 Å². The first-order chi connectivity index (χ1) is 8.10. The lowest BCUT2D eigenvalue weighted by molar-refractivity contribution is -0.139. The smallest absolute Gasteiger partial charge is 0.328 e. The number of carbonyl (C=O) groups is 1. The number of benzene rings is 1. The number of hydrogen-bond donors (Lipinski definition) is 2. The van der Waals surface area contributed by atoms with Gasteiger partial charge in [-0.25, -0.2) is 4.79 Å². The maximum absolute atomic E-state index is 10.9. The maximum atomic E-state index is 10.9. The minimum Gasteiger partial charge on any atom is -0.480 e. The van der Waals surface area contributed by atoms with Crippen LogP contribution in [0, 0.1) is 11.3 Å². The molecule has 0 aromatic heterocycles. The third-order valence-corrected chi connectivity index (χ3v) is 2.40. The van der Waals surface area contributed by atoms with Gasteiger partial charge in [-0.15, -0.1) is 0 Å². The summed E-state index contributed by atoms with van der Waals surface area (Å²) in [4.78, 5) is 10.9. The molecule has 0 radical (unpaired) electrons. The van der Waals surface area contributed by atoms with Crippen LogP contribution in [0.1, 0.15) is 5.56 Å². The van der Waals surface area contributed by atoms with Crippen LogP contribution >= 0.6 is 11.6 Å². The first-order valence-corrected chi connectivity index (χ1v) is 5.14. The number of carboxylic acids is 1. The number of rotatable bonds is 5. The Morgan fingerprint density at radius 1 is 1.71 bits per heavy atom. The van der Waals surface area contributed by atoms with Crippen molar-refractivity contribution < 1.29 is 14.6 Å². The number of halogens is 1. The summed E-state index contributed by atoms with van der Waals surface area (Å²) >= 11 is 5.83. The minimum absolute atomic E-state index is 0.00723. The monoisotopic (exact) mass is 254 g/mol. The van der Waals surface area contributed by atoms with E-state index in [9.17, 15) is 4.79 Å². The third kappa shape index (κ3) is 3.34. The molecule has 0 saturated carbocycles. The Labute approximate surface area is 104 Å². The van der Waals surface area contributed by atoms with Gasteiger partial charge in [-0.2, -0.15) is 5.26 Å². The highest BCUT2D eigenvalue weighted by Crippen LogP contribution is 2.23. The quantitative estimate of drug-likeness (QED) is 0.836. The highest BCUT2D eigenvalue weighted by atomic mass is 35.5. The van der Waals surface area contributed by atoms with Gasteiger partial charge in [0.15, 0.2) is 0 Å². The summed E-state index contributed by atoms with van der Waals surface area (Å²) < 4.78 is 4.78. The molecule has 0 amide bonds. The Kier molecular flexibility index (Phi) is 4.76. The second-order valence-electron chi connectivity index (χ2n) is 3.26. The number of hydrogen-bond acceptors (Lipinski definition) is 4. The average molecular weight is 255 g/mol. The molecule has 1 aromatic rings. The zero-order valence-electron chi connectivity index (χ0n) is 9.11. The molecule has 1 unspecified atom stereocenters. The molecule has 0 aliphatic carbocycles. The van der Waals surface area contributed by atoms with Crippen LogP contribution < -0.4 is 5.32 Å². The molecule has 0 heterocycles. The van der Waals surface area contributed by atoms with Crippen molar-refractivity contribution in [2.24, 2.45) is 0 Å². The second-order valence-corrected chi connectivity index (χ2v) is 3.67. The number of nitrogens with one attached hydrogen (secondary N) is 1. The molecule has 5 nitrogen and oxygen atoms in total. The molecule has 1 rings (SSSR count). The van der Waals surface area contributed by atoms with E-state index in [0.29, 0.717) is 5.69 Å². The van der Waals surface area contributed by atoms with Gasteiger partial charge >= 0.3 is 5.97 Å². The molecule has 2 N–H and O–H groups in total. The Morgan fingerprint density at radius 3 is 2.94 bits per heavy atom. The Bertz CT molecular complexity index is 457. The summed E-state index contributed by atoms with van der Waals surface area (Å²) in [6.45, 7) is -0.00723. The summed E-state index contributed by atoms with van der Waals surface area (Å²) in [5, 5.41) is 20.9. The molecule has 0 fully saturated rings. The molecule has 0 aliphatic rings. The molecule has 6 heteroatoms. The van der Waals surface area contributed by atoms with Crippen LogP contribution in [0.4, 0.5) is 5.69 Å². The van der Waals surface area contributed by atoms with Crippen LogP contribution in [0.25, 0.3) is 0 Å². The molecule has 0 spiro atoms. The van der Waals surface area contributed by atoms with Crippen molar-refractivity contribution in [3.63, 3.8) is 0 Å². The van der Waals surface area contributed by atoms with Crippen molar-refractivity contribution in [1.82, 2.24) is 0 Å². The van der Waals surface area contributed by atoms with Crippen LogP contribution in [-0.2, 0) is 9.53 Å². The van der Waals surface area contributed by atoms with Gasteiger partial charge in [0, 0.05) is 7.11 Å². The van der Waals surface area contributed by atoms with Gasteiger partial charge in [0.05, 0.1) is 22.9 Å². The first-order valence-electron chi connectivity index (χ1n) is 4.77. The third-order valence-electron chi connectivity index (χ3n) is 2.09. The van der Waals surface area contributed by atoms with E-state index in [1.165, 1.54) is 7.11 Å². The molecule has 1 aromatic carbocycles. The summed E-state index contributed by atoms with van der Waals surface area (Å²) in [6.07, 6.45) is 0. The SMILES string of the molecule is COCC(Nc1cccc(Cl)c1C#N)C(=O)O. The van der Waals surface area contributed by atoms with Gasteiger partial charge in [-0.3, -0.25) is 0 Å². The summed E-state index contributed by atoms with van der Waals surface area (Å²) in [5.41, 5.74) is 0.598. The highest BCUT2D eigenvalue weighted by Gasteiger charge is 2.18. The second kappa shape index (κ2) is 6.09. The van der Waals surface area contributed by atoms with Gasteiger partial charge in [0.25, 0.3) is 0 Å². The maximum Gasteiger partial charge on any atom is 0.328 e. The molecule has 17 heavy (non-hydrogen) atoms. The lowest BCUT2D eigenvalue weighted by Gasteiger charge is -2.16. The number of carboxylic acid groups (broad SMARTS) is 1. The number of aliphatic carboxylic acids is 1. The van der Waals surface area contributed by atoms with E-state index in [2.05, 4.69) is 5.32 Å². The molecule has 1 atom stereocenters. The Balaban J connectivity index is 2.97. The zero-order valence-corrected chi connectivity index (χ0v) is 9.86. The van der Waals surface area contributed by atoms with Crippen LogP contribution in [0.5, 0.6) is 0 Å². The van der Waals surface area contributed by atoms with Crippen molar-refractivity contribution in [3.05, 3.63) is 28.8 Å². The van der Waals surface area contributed by atoms with E-state index >= 15 is 0 Å². The van der Waals surface area contributed by atoms with Crippen LogP contribution in [0.3, 0.4) is 0 Å². The Hall–Kier alpha value is -1.77. The summed E-state index contributed by atoms with van der Waals surface area (Å²) in [7, 11) is 1.40. The number of nitriles is 1. The standard InChI is InChI=1S/C11H11ClN2O3/c1-17-6-10(11(15)16)14-9-4-2-3-8(12)7(9)5-13/h2-4,10,14H,6H2,1H3,(H,15,16). The lowest BCUT2D eigenvalue weighted by atomic mass is 10.1. The molecule has 90 valence electrons. The predicted octanol–water partition coefficient (Wildman–Crippen LogP) is 1.72. The van der Waals surface area contributed by atoms with Crippen molar-refractivity contribution in [3.8, 4) is 6.07 Å². The van der Waals surface area contributed by atoms with E-state index in [4.69, 9.17) is 26.7 Å². The van der Waals surface area contributed by atoms with Crippen LogP contribution in [0.2, 0.25) is 5.02 Å². The molecular weight excluding hydrogens is 244 g/mol. The number of nitrogens with zero attached hydrogens (tertiary/aromatic N) is 1. The zero-order chi connectivity index (χ0) is 12.8. The van der Waals surface area contributed by atoms with E-state index in [1.807, 2.05) is 6.07 Å². The summed E-state index contributed by atoms with van der Waals surface area (Å²) in [6, 6.07) is 5.79. The van der Waals surface area contributed by atoms with Crippen molar-refractivity contribution >= 4 is 23.3 Å². The first kappa shape index (κ1) is 13.3. The topological polar surface area (TPSA) is 82.3 Å². The number of anilines is 1. The molecule has 0 bridgehead atoms. The van der Waals surface area contributed by atoms with Crippen LogP contribution in [0.15, 0.2) is 18.2 Å². The summed E-state index contributed by atoms with van der Waals surface area (Å²) in [5.74, 6) is -1.06. The van der Waals surface area contributed by atoms with E-state index < -0.39 is 12.0 Å². The minimum atomic E-state index is -1.06. The van der Waals surface area contributed by atoms with Gasteiger partial charge in [0.1, 0.15) is 12.1 Å². The van der Waals surface area contributed by atoms with Crippen LogP contribution in [-0.4, -0.2) is 30.8 Å². The van der Waals surface area contributed by atoms with E-state index in [0.717, 1.165) is 0 Å². The highest BCUT2D eigenvalue weighted by molar-refractivity contribution is 6.32. The fraction of sp³-hybridized carbons (Fsp3) is 0.273. The van der Waals surface area contributed by atoms with Gasteiger partial charge in [-0.1, -0.05) is 17.7 Å². The van der Waals surface area contributed by atoms with Gasteiger partial charge in [0.2, 0.25) is 0 Å². The fourth-order valence-electron chi connectivity index (χ4n) is 1.29. The number of methoxy groups -OCH3 is 1. The lowest BCUT2D eigenvalue weighted by Crippen LogP contribution is -2.33. The van der Waals surface area contributed by atoms with Crippen molar-refractivity contribution in [1.29, 1.82) is 5.26 Å². The fourth-order valence-corrected chi connectivity index (χ4v) is 1.50. The molecule has 0 aliphatic heterocycles.